The van der Waals surface area contributed by atoms with E-state index in [-0.39, 0.29) is 12.0 Å². The molecule has 4 rings (SSSR count). The maximum Gasteiger partial charge on any atom is 0.341 e. The van der Waals surface area contributed by atoms with Crippen molar-refractivity contribution in [3.8, 4) is 16.9 Å². The zero-order valence-electron chi connectivity index (χ0n) is 16.9. The Balaban J connectivity index is 1.62. The molecule has 0 bridgehead atoms. The van der Waals surface area contributed by atoms with E-state index in [1.54, 1.807) is 38.1 Å². The van der Waals surface area contributed by atoms with E-state index in [4.69, 9.17) is 18.3 Å². The predicted molar refractivity (Wildman–Crippen MR) is 112 cm³/mol. The Morgan fingerprint density at radius 3 is 2.47 bits per heavy atom. The van der Waals surface area contributed by atoms with Gasteiger partial charge in [0.15, 0.2) is 0 Å². The highest BCUT2D eigenvalue weighted by atomic mass is 16.5. The van der Waals surface area contributed by atoms with Gasteiger partial charge in [0.25, 0.3) is 0 Å². The molecule has 6 nitrogen and oxygen atoms in total. The van der Waals surface area contributed by atoms with Gasteiger partial charge in [-0.25, -0.2) is 4.79 Å². The molecule has 0 aliphatic heterocycles. The average Bonchev–Trinajstić information content (AvgIpc) is 3.13. The van der Waals surface area contributed by atoms with Crippen LogP contribution in [0.2, 0.25) is 0 Å². The second-order valence-corrected chi connectivity index (χ2v) is 6.85. The van der Waals surface area contributed by atoms with Crippen molar-refractivity contribution in [3.63, 3.8) is 0 Å². The van der Waals surface area contributed by atoms with E-state index in [1.807, 2.05) is 30.3 Å². The molecule has 4 aromatic rings. The minimum Gasteiger partial charge on any atom is -0.486 e. The molecule has 0 spiro atoms. The largest absolute Gasteiger partial charge is 0.486 e. The van der Waals surface area contributed by atoms with Crippen LogP contribution in [0, 0.1) is 13.8 Å². The van der Waals surface area contributed by atoms with E-state index in [0.29, 0.717) is 45.1 Å². The third-order valence-electron chi connectivity index (χ3n) is 4.86. The van der Waals surface area contributed by atoms with E-state index in [2.05, 4.69) is 0 Å². The predicted octanol–water partition coefficient (Wildman–Crippen LogP) is 5.04. The Bertz CT molecular complexity index is 1280. The summed E-state index contributed by atoms with van der Waals surface area (Å²) < 4.78 is 22.0. The number of hydrogen-bond acceptors (Lipinski definition) is 6. The number of carbonyl (C=O) groups excluding carboxylic acids is 1. The van der Waals surface area contributed by atoms with Gasteiger partial charge in [-0.2, -0.15) is 0 Å². The normalized spacial score (nSPS) is 10.9. The van der Waals surface area contributed by atoms with Crippen LogP contribution >= 0.6 is 0 Å². The number of carbonyl (C=O) groups is 1. The molecule has 0 saturated carbocycles. The first-order chi connectivity index (χ1) is 14.5. The van der Waals surface area contributed by atoms with Crippen LogP contribution in [-0.4, -0.2) is 13.1 Å². The van der Waals surface area contributed by atoms with Crippen molar-refractivity contribution in [2.75, 3.05) is 7.11 Å². The molecule has 30 heavy (non-hydrogen) atoms. The van der Waals surface area contributed by atoms with Crippen LogP contribution in [-0.2, 0) is 11.3 Å². The third-order valence-corrected chi connectivity index (χ3v) is 4.86. The Kier molecular flexibility index (Phi) is 5.14. The summed E-state index contributed by atoms with van der Waals surface area (Å²) >= 11 is 0. The number of hydrogen-bond donors (Lipinski definition) is 0. The van der Waals surface area contributed by atoms with Gasteiger partial charge in [0.1, 0.15) is 40.8 Å². The molecule has 0 amide bonds. The second kappa shape index (κ2) is 7.91. The maximum absolute atomic E-state index is 13.0. The highest BCUT2D eigenvalue weighted by molar-refractivity contribution is 5.90. The SMILES string of the molecule is COC(=O)c1cc(COc2ccc3c(=O)c(-c4ccccc4)c(C)oc3c2)oc1C. The maximum atomic E-state index is 13.0. The number of fused-ring (bicyclic) bond motifs is 1. The molecule has 2 aromatic heterocycles. The van der Waals surface area contributed by atoms with Gasteiger partial charge in [-0.15, -0.1) is 0 Å². The first kappa shape index (κ1) is 19.5. The van der Waals surface area contributed by atoms with Crippen LogP contribution < -0.4 is 10.2 Å². The van der Waals surface area contributed by atoms with Crippen molar-refractivity contribution >= 4 is 16.9 Å². The number of rotatable bonds is 5. The van der Waals surface area contributed by atoms with E-state index < -0.39 is 5.97 Å². The van der Waals surface area contributed by atoms with Crippen LogP contribution in [0.4, 0.5) is 0 Å². The minimum absolute atomic E-state index is 0.0871. The zero-order chi connectivity index (χ0) is 21.3. The fraction of sp³-hybridized carbons (Fsp3) is 0.167. The molecule has 2 heterocycles. The smallest absolute Gasteiger partial charge is 0.341 e. The molecular weight excluding hydrogens is 384 g/mol. The summed E-state index contributed by atoms with van der Waals surface area (Å²) in [5, 5.41) is 0.480. The van der Waals surface area contributed by atoms with Crippen molar-refractivity contribution in [1.82, 2.24) is 0 Å². The highest BCUT2D eigenvalue weighted by Crippen LogP contribution is 2.27. The monoisotopic (exact) mass is 404 g/mol. The van der Waals surface area contributed by atoms with Gasteiger partial charge < -0.3 is 18.3 Å². The molecular formula is C24H20O6. The molecule has 0 unspecified atom stereocenters. The minimum atomic E-state index is -0.459. The third kappa shape index (κ3) is 3.59. The summed E-state index contributed by atoms with van der Waals surface area (Å²) in [7, 11) is 1.32. The lowest BCUT2D eigenvalue weighted by molar-refractivity contribution is 0.0599. The van der Waals surface area contributed by atoms with E-state index in [1.165, 1.54) is 7.11 Å². The fourth-order valence-corrected chi connectivity index (χ4v) is 3.40. The van der Waals surface area contributed by atoms with E-state index in [0.717, 1.165) is 5.56 Å². The van der Waals surface area contributed by atoms with Gasteiger partial charge in [-0.1, -0.05) is 30.3 Å². The highest BCUT2D eigenvalue weighted by Gasteiger charge is 2.17. The van der Waals surface area contributed by atoms with Crippen LogP contribution in [0.3, 0.4) is 0 Å². The standard InChI is InChI=1S/C24H20O6/c1-14-20(24(26)27-3)11-18(29-14)13-28-17-9-10-19-21(12-17)30-15(2)22(23(19)25)16-7-5-4-6-8-16/h4-12H,13H2,1-3H3. The van der Waals surface area contributed by atoms with Gasteiger partial charge in [-0.3, -0.25) is 4.79 Å². The number of methoxy groups -OCH3 is 1. The number of benzene rings is 2. The van der Waals surface area contributed by atoms with Crippen LogP contribution in [0.5, 0.6) is 5.75 Å². The Hall–Kier alpha value is -3.80. The first-order valence-corrected chi connectivity index (χ1v) is 9.41. The van der Waals surface area contributed by atoms with Crippen LogP contribution in [0.1, 0.15) is 27.6 Å². The summed E-state index contributed by atoms with van der Waals surface area (Å²) in [6, 6.07) is 16.1. The van der Waals surface area contributed by atoms with Crippen molar-refractivity contribution in [1.29, 1.82) is 0 Å². The lowest BCUT2D eigenvalue weighted by Gasteiger charge is -2.09. The molecule has 6 heteroatoms. The van der Waals surface area contributed by atoms with Gasteiger partial charge in [0.2, 0.25) is 5.43 Å². The molecule has 0 aliphatic rings. The molecule has 0 radical (unpaired) electrons. The summed E-state index contributed by atoms with van der Waals surface area (Å²) in [5.41, 5.74) is 2.10. The van der Waals surface area contributed by atoms with Crippen molar-refractivity contribution in [2.24, 2.45) is 0 Å². The van der Waals surface area contributed by atoms with Gasteiger partial charge >= 0.3 is 5.97 Å². The topological polar surface area (TPSA) is 78.9 Å². The average molecular weight is 404 g/mol. The van der Waals surface area contributed by atoms with Gasteiger partial charge in [0.05, 0.1) is 18.1 Å². The van der Waals surface area contributed by atoms with Crippen molar-refractivity contribution in [3.05, 3.63) is 87.7 Å². The molecule has 0 atom stereocenters. The molecule has 2 aromatic carbocycles. The number of aryl methyl sites for hydroxylation is 2. The van der Waals surface area contributed by atoms with Gasteiger partial charge in [0, 0.05) is 6.07 Å². The summed E-state index contributed by atoms with van der Waals surface area (Å²) in [6.45, 7) is 3.58. The van der Waals surface area contributed by atoms with Crippen LogP contribution in [0.25, 0.3) is 22.1 Å². The number of furan rings is 1. The van der Waals surface area contributed by atoms with E-state index >= 15 is 0 Å². The quantitative estimate of drug-likeness (QED) is 0.434. The number of ether oxygens (including phenoxy) is 2. The van der Waals surface area contributed by atoms with Crippen molar-refractivity contribution < 1.29 is 23.1 Å². The summed E-state index contributed by atoms with van der Waals surface area (Å²) in [6.07, 6.45) is 0. The fourth-order valence-electron chi connectivity index (χ4n) is 3.40. The lowest BCUT2D eigenvalue weighted by atomic mass is 10.0. The lowest BCUT2D eigenvalue weighted by Crippen LogP contribution is -2.07. The molecule has 0 saturated heterocycles. The van der Waals surface area contributed by atoms with Crippen LogP contribution in [0.15, 0.2) is 68.2 Å². The summed E-state index contributed by atoms with van der Waals surface area (Å²) in [4.78, 5) is 24.7. The summed E-state index contributed by atoms with van der Waals surface area (Å²) in [5.74, 6) is 1.56. The molecule has 0 aliphatic carbocycles. The second-order valence-electron chi connectivity index (χ2n) is 6.85. The Labute approximate surface area is 172 Å². The van der Waals surface area contributed by atoms with E-state index in [9.17, 15) is 9.59 Å². The Morgan fingerprint density at radius 2 is 1.73 bits per heavy atom. The number of esters is 1. The molecule has 0 fully saturated rings. The van der Waals surface area contributed by atoms with Crippen molar-refractivity contribution in [2.45, 2.75) is 20.5 Å². The first-order valence-electron chi connectivity index (χ1n) is 9.41. The van der Waals surface area contributed by atoms with Gasteiger partial charge in [-0.05, 0) is 37.6 Å². The molecule has 152 valence electrons. The zero-order valence-corrected chi connectivity index (χ0v) is 16.9. The Morgan fingerprint density at radius 1 is 0.967 bits per heavy atom. The molecule has 0 N–H and O–H groups in total.